The molecule has 1 aromatic rings. The molecule has 0 radical (unpaired) electrons. The van der Waals surface area contributed by atoms with Crippen LogP contribution in [0.25, 0.3) is 0 Å². The highest BCUT2D eigenvalue weighted by Crippen LogP contribution is 2.28. The molecule has 0 aromatic heterocycles. The van der Waals surface area contributed by atoms with Crippen LogP contribution in [0.5, 0.6) is 0 Å². The van der Waals surface area contributed by atoms with Gasteiger partial charge in [0.2, 0.25) is 0 Å². The molecule has 0 saturated carbocycles. The minimum Gasteiger partial charge on any atom is -0.472 e. The second-order valence-electron chi connectivity index (χ2n) is 2.63. The van der Waals surface area contributed by atoms with E-state index in [1.54, 1.807) is 5.92 Å². The third-order valence-electron chi connectivity index (χ3n) is 1.53. The number of hydrogen-bond acceptors (Lipinski definition) is 1. The van der Waals surface area contributed by atoms with Gasteiger partial charge in [-0.2, -0.15) is 13.2 Å². The number of carbonyl (C=O) groups is 1. The minimum absolute atomic E-state index is 0.227. The fraction of sp³-hybridized carbons (Fsp3) is 0.100. The van der Waals surface area contributed by atoms with Gasteiger partial charge in [-0.15, -0.1) is 0 Å². The predicted octanol–water partition coefficient (Wildman–Crippen LogP) is 2.14. The van der Waals surface area contributed by atoms with Gasteiger partial charge in [0.1, 0.15) is 0 Å². The van der Waals surface area contributed by atoms with Gasteiger partial charge in [-0.05, 0) is 24.3 Å². The molecule has 78 valence electrons. The topological polar surface area (TPSA) is 37.3 Å². The van der Waals surface area contributed by atoms with Crippen molar-refractivity contribution in [1.82, 2.24) is 0 Å². The molecule has 1 aromatic carbocycles. The van der Waals surface area contributed by atoms with Crippen molar-refractivity contribution in [3.05, 3.63) is 35.4 Å². The maximum absolute atomic E-state index is 12.1. The molecule has 0 heterocycles. The first-order valence-electron chi connectivity index (χ1n) is 3.82. The Morgan fingerprint density at radius 1 is 1.20 bits per heavy atom. The lowest BCUT2D eigenvalue weighted by Crippen LogP contribution is -2.04. The summed E-state index contributed by atoms with van der Waals surface area (Å²) in [6.07, 6.45) is -4.39. The number of rotatable bonds is 0. The molecule has 0 aliphatic heterocycles. The van der Waals surface area contributed by atoms with Crippen molar-refractivity contribution in [1.29, 1.82) is 0 Å². The SMILES string of the molecule is O=C(O)C#Cc1ccc(C(F)(F)F)cc1. The summed E-state index contributed by atoms with van der Waals surface area (Å²) in [5.74, 6) is 2.69. The average Bonchev–Trinajstić information content (AvgIpc) is 2.14. The smallest absolute Gasteiger partial charge is 0.416 e. The molecule has 0 atom stereocenters. The van der Waals surface area contributed by atoms with Crippen molar-refractivity contribution in [2.45, 2.75) is 6.18 Å². The van der Waals surface area contributed by atoms with Gasteiger partial charge in [-0.25, -0.2) is 4.79 Å². The fourth-order valence-corrected chi connectivity index (χ4v) is 0.868. The molecule has 0 amide bonds. The molecule has 15 heavy (non-hydrogen) atoms. The van der Waals surface area contributed by atoms with E-state index in [1.165, 1.54) is 0 Å². The van der Waals surface area contributed by atoms with E-state index in [1.807, 2.05) is 0 Å². The van der Waals surface area contributed by atoms with Crippen molar-refractivity contribution in [2.75, 3.05) is 0 Å². The van der Waals surface area contributed by atoms with Crippen molar-refractivity contribution in [3.8, 4) is 11.8 Å². The van der Waals surface area contributed by atoms with Crippen molar-refractivity contribution in [2.24, 2.45) is 0 Å². The lowest BCUT2D eigenvalue weighted by molar-refractivity contribution is -0.137. The van der Waals surface area contributed by atoms with Crippen molar-refractivity contribution >= 4 is 5.97 Å². The van der Waals surface area contributed by atoms with E-state index in [0.29, 0.717) is 0 Å². The third-order valence-corrected chi connectivity index (χ3v) is 1.53. The highest BCUT2D eigenvalue weighted by atomic mass is 19.4. The summed E-state index contributed by atoms with van der Waals surface area (Å²) in [6.45, 7) is 0. The van der Waals surface area contributed by atoms with Crippen LogP contribution in [-0.4, -0.2) is 11.1 Å². The van der Waals surface area contributed by atoms with Crippen LogP contribution in [0.1, 0.15) is 11.1 Å². The second kappa shape index (κ2) is 4.05. The van der Waals surface area contributed by atoms with Crippen LogP contribution >= 0.6 is 0 Å². The molecule has 0 bridgehead atoms. The number of carboxylic acids is 1. The molecule has 1 rings (SSSR count). The Kier molecular flexibility index (Phi) is 3.00. The van der Waals surface area contributed by atoms with E-state index in [0.717, 1.165) is 24.3 Å². The maximum atomic E-state index is 12.1. The van der Waals surface area contributed by atoms with Crippen molar-refractivity contribution < 1.29 is 23.1 Å². The Balaban J connectivity index is 2.93. The Labute approximate surface area is 83.3 Å². The van der Waals surface area contributed by atoms with Gasteiger partial charge in [0, 0.05) is 11.5 Å². The van der Waals surface area contributed by atoms with E-state index in [2.05, 4.69) is 5.92 Å². The summed E-state index contributed by atoms with van der Waals surface area (Å²) in [5.41, 5.74) is -0.561. The minimum atomic E-state index is -4.39. The van der Waals surface area contributed by atoms with Gasteiger partial charge in [0.05, 0.1) is 5.56 Å². The van der Waals surface area contributed by atoms with Crippen molar-refractivity contribution in [3.63, 3.8) is 0 Å². The predicted molar refractivity (Wildman–Crippen MR) is 46.0 cm³/mol. The summed E-state index contributed by atoms with van der Waals surface area (Å²) in [6, 6.07) is 3.95. The molecule has 1 N–H and O–H groups in total. The molecular weight excluding hydrogens is 209 g/mol. The molecule has 2 nitrogen and oxygen atoms in total. The van der Waals surface area contributed by atoms with Crippen LogP contribution < -0.4 is 0 Å². The van der Waals surface area contributed by atoms with Crippen LogP contribution in [0.2, 0.25) is 0 Å². The maximum Gasteiger partial charge on any atom is 0.416 e. The first kappa shape index (κ1) is 11.1. The van der Waals surface area contributed by atoms with E-state index in [4.69, 9.17) is 5.11 Å². The summed E-state index contributed by atoms with van der Waals surface area (Å²) in [4.78, 5) is 10.0. The Morgan fingerprint density at radius 2 is 1.73 bits per heavy atom. The lowest BCUT2D eigenvalue weighted by atomic mass is 10.1. The molecule has 0 saturated heterocycles. The van der Waals surface area contributed by atoms with Gasteiger partial charge < -0.3 is 5.11 Å². The van der Waals surface area contributed by atoms with E-state index < -0.39 is 17.7 Å². The second-order valence-corrected chi connectivity index (χ2v) is 2.63. The normalized spacial score (nSPS) is 10.3. The number of benzene rings is 1. The Morgan fingerprint density at radius 3 is 2.13 bits per heavy atom. The molecule has 0 aliphatic rings. The molecule has 0 aliphatic carbocycles. The molecule has 0 unspecified atom stereocenters. The van der Waals surface area contributed by atoms with Crippen LogP contribution in [0.15, 0.2) is 24.3 Å². The molecule has 5 heteroatoms. The molecule has 0 spiro atoms. The third kappa shape index (κ3) is 3.35. The largest absolute Gasteiger partial charge is 0.472 e. The zero-order chi connectivity index (χ0) is 11.5. The van der Waals surface area contributed by atoms with Gasteiger partial charge in [-0.3, -0.25) is 0 Å². The number of alkyl halides is 3. The van der Waals surface area contributed by atoms with E-state index >= 15 is 0 Å². The van der Waals surface area contributed by atoms with Crippen LogP contribution in [-0.2, 0) is 11.0 Å². The number of halogens is 3. The fourth-order valence-electron chi connectivity index (χ4n) is 0.868. The van der Waals surface area contributed by atoms with Gasteiger partial charge in [0.25, 0.3) is 0 Å². The summed E-state index contributed by atoms with van der Waals surface area (Å²) < 4.78 is 36.3. The van der Waals surface area contributed by atoms with Gasteiger partial charge in [0.15, 0.2) is 0 Å². The van der Waals surface area contributed by atoms with Crippen LogP contribution in [0.3, 0.4) is 0 Å². The number of hydrogen-bond donors (Lipinski definition) is 1. The first-order chi connectivity index (χ1) is 6.89. The highest BCUT2D eigenvalue weighted by Gasteiger charge is 2.29. The molecular formula is C10H5F3O2. The Bertz CT molecular complexity index is 421. The highest BCUT2D eigenvalue weighted by molar-refractivity contribution is 5.87. The Hall–Kier alpha value is -1.96. The first-order valence-corrected chi connectivity index (χ1v) is 3.82. The number of aliphatic carboxylic acids is 1. The summed E-state index contributed by atoms with van der Waals surface area (Å²) >= 11 is 0. The van der Waals surface area contributed by atoms with Crippen LogP contribution in [0.4, 0.5) is 13.2 Å². The summed E-state index contributed by atoms with van der Waals surface area (Å²) in [7, 11) is 0. The van der Waals surface area contributed by atoms with Gasteiger partial charge in [-0.1, -0.05) is 5.92 Å². The summed E-state index contributed by atoms with van der Waals surface area (Å²) in [5, 5.41) is 8.21. The van der Waals surface area contributed by atoms with E-state index in [9.17, 15) is 18.0 Å². The lowest BCUT2D eigenvalue weighted by Gasteiger charge is -2.05. The van der Waals surface area contributed by atoms with Gasteiger partial charge >= 0.3 is 12.1 Å². The number of carboxylic acid groups (broad SMARTS) is 1. The van der Waals surface area contributed by atoms with Crippen LogP contribution in [0, 0.1) is 11.8 Å². The monoisotopic (exact) mass is 214 g/mol. The molecule has 0 fully saturated rings. The zero-order valence-electron chi connectivity index (χ0n) is 7.30. The standard InChI is InChI=1S/C10H5F3O2/c11-10(12,13)8-4-1-7(2-5-8)3-6-9(14)15/h1-2,4-5H,(H,14,15). The average molecular weight is 214 g/mol. The zero-order valence-corrected chi connectivity index (χ0v) is 7.30. The quantitative estimate of drug-likeness (QED) is 0.672. The van der Waals surface area contributed by atoms with E-state index in [-0.39, 0.29) is 5.56 Å².